The van der Waals surface area contributed by atoms with E-state index in [2.05, 4.69) is 5.32 Å². The van der Waals surface area contributed by atoms with E-state index < -0.39 is 12.2 Å². The number of nitrogens with one attached hydrogen (secondary N) is 1. The molecule has 126 valence electrons. The van der Waals surface area contributed by atoms with Crippen molar-refractivity contribution in [2.75, 3.05) is 5.32 Å². The normalized spacial score (nSPS) is 18.9. The Bertz CT molecular complexity index is 795. The van der Waals surface area contributed by atoms with Gasteiger partial charge in [-0.05, 0) is 55.2 Å². The van der Waals surface area contributed by atoms with Crippen molar-refractivity contribution in [3.8, 4) is 0 Å². The lowest BCUT2D eigenvalue weighted by Crippen LogP contribution is -2.16. The van der Waals surface area contributed by atoms with Gasteiger partial charge < -0.3 is 15.5 Å². The van der Waals surface area contributed by atoms with Gasteiger partial charge in [-0.15, -0.1) is 11.3 Å². The van der Waals surface area contributed by atoms with Crippen LogP contribution in [0.1, 0.15) is 51.9 Å². The van der Waals surface area contributed by atoms with E-state index in [1.165, 1.54) is 48.4 Å². The molecule has 6 heteroatoms. The molecule has 3 N–H and O–H groups in total. The molecule has 1 atom stereocenters. The van der Waals surface area contributed by atoms with E-state index in [9.17, 15) is 19.4 Å². The first-order valence-corrected chi connectivity index (χ1v) is 8.87. The molecular weight excluding hydrogens is 329 g/mol. The second-order valence-corrected chi connectivity index (χ2v) is 7.89. The summed E-state index contributed by atoms with van der Waals surface area (Å²) in [6, 6.07) is 5.52. The lowest BCUT2D eigenvalue weighted by molar-refractivity contribution is 0.0696. The second kappa shape index (κ2) is 5.57. The van der Waals surface area contributed by atoms with E-state index in [0.29, 0.717) is 16.0 Å². The highest BCUT2D eigenvalue weighted by atomic mass is 32.1. The van der Waals surface area contributed by atoms with Crippen LogP contribution in [0.3, 0.4) is 0 Å². The number of carbonyl (C=O) groups is 1. The Hall–Kier alpha value is -1.92. The van der Waals surface area contributed by atoms with Gasteiger partial charge in [0.05, 0.1) is 5.56 Å². The van der Waals surface area contributed by atoms with Gasteiger partial charge in [0.1, 0.15) is 10.8 Å². The summed E-state index contributed by atoms with van der Waals surface area (Å²) < 4.78 is 13.0. The molecule has 0 radical (unpaired) electrons. The van der Waals surface area contributed by atoms with Gasteiger partial charge in [-0.1, -0.05) is 12.1 Å². The molecule has 1 unspecified atom stereocenters. The van der Waals surface area contributed by atoms with Crippen molar-refractivity contribution in [3.05, 3.63) is 51.7 Å². The first kappa shape index (κ1) is 15.6. The molecule has 2 aliphatic rings. The quantitative estimate of drug-likeness (QED) is 0.732. The van der Waals surface area contributed by atoms with E-state index in [1.54, 1.807) is 0 Å². The third kappa shape index (κ3) is 2.70. The lowest BCUT2D eigenvalue weighted by Gasteiger charge is -2.21. The van der Waals surface area contributed by atoms with Crippen molar-refractivity contribution in [2.24, 2.45) is 5.41 Å². The van der Waals surface area contributed by atoms with Crippen LogP contribution in [0.5, 0.6) is 0 Å². The van der Waals surface area contributed by atoms with Crippen LogP contribution in [0.4, 0.5) is 9.39 Å². The van der Waals surface area contributed by atoms with Crippen LogP contribution in [0, 0.1) is 11.2 Å². The first-order chi connectivity index (χ1) is 11.5. The van der Waals surface area contributed by atoms with Crippen LogP contribution < -0.4 is 5.32 Å². The van der Waals surface area contributed by atoms with E-state index in [0.717, 1.165) is 29.7 Å². The van der Waals surface area contributed by atoms with Crippen molar-refractivity contribution < 1.29 is 19.4 Å². The van der Waals surface area contributed by atoms with Gasteiger partial charge in [0.25, 0.3) is 0 Å². The molecule has 2 aliphatic carbocycles. The molecule has 0 saturated heterocycles. The average molecular weight is 347 g/mol. The number of carboxylic acid groups (broad SMARTS) is 1. The number of aliphatic hydroxyl groups is 1. The van der Waals surface area contributed by atoms with Crippen LogP contribution in [-0.2, 0) is 12.8 Å². The number of fused-ring (bicyclic) bond motifs is 1. The minimum Gasteiger partial charge on any atom is -0.478 e. The summed E-state index contributed by atoms with van der Waals surface area (Å²) in [5.41, 5.74) is 2.10. The van der Waals surface area contributed by atoms with Gasteiger partial charge >= 0.3 is 5.97 Å². The number of aliphatic hydroxyl groups excluding tert-OH is 1. The van der Waals surface area contributed by atoms with Crippen LogP contribution in [0.25, 0.3) is 0 Å². The predicted molar refractivity (Wildman–Crippen MR) is 90.0 cm³/mol. The molecule has 4 nitrogen and oxygen atoms in total. The van der Waals surface area contributed by atoms with Gasteiger partial charge in [0.2, 0.25) is 0 Å². The summed E-state index contributed by atoms with van der Waals surface area (Å²) >= 11 is 1.43. The number of thiophene rings is 1. The van der Waals surface area contributed by atoms with Gasteiger partial charge in [0.15, 0.2) is 6.23 Å². The second-order valence-electron chi connectivity index (χ2n) is 6.79. The number of benzene rings is 1. The number of hydrogen-bond donors (Lipinski definition) is 3. The fourth-order valence-electron chi connectivity index (χ4n) is 3.52. The van der Waals surface area contributed by atoms with E-state index in [4.69, 9.17) is 0 Å². The van der Waals surface area contributed by atoms with Gasteiger partial charge in [0, 0.05) is 10.4 Å². The molecule has 24 heavy (non-hydrogen) atoms. The molecule has 1 aromatic heterocycles. The highest BCUT2D eigenvalue weighted by Crippen LogP contribution is 2.57. The molecule has 1 saturated carbocycles. The highest BCUT2D eigenvalue weighted by molar-refractivity contribution is 7.16. The molecule has 1 fully saturated rings. The zero-order valence-electron chi connectivity index (χ0n) is 13.0. The molecular formula is C18H18FNO3S. The molecule has 2 aromatic rings. The number of aromatic carboxylic acids is 1. The van der Waals surface area contributed by atoms with Crippen LogP contribution in [0.2, 0.25) is 0 Å². The van der Waals surface area contributed by atoms with Crippen LogP contribution >= 0.6 is 11.3 Å². The Morgan fingerprint density at radius 3 is 2.58 bits per heavy atom. The summed E-state index contributed by atoms with van der Waals surface area (Å²) in [5, 5.41) is 23.3. The Labute approximate surface area is 143 Å². The van der Waals surface area contributed by atoms with Crippen molar-refractivity contribution in [3.63, 3.8) is 0 Å². The maximum absolute atomic E-state index is 13.0. The molecule has 1 heterocycles. The number of anilines is 1. The molecule has 1 aromatic carbocycles. The Morgan fingerprint density at radius 2 is 1.96 bits per heavy atom. The minimum atomic E-state index is -1.07. The standard InChI is InChI=1S/C18H18FNO3S/c19-11-3-1-10(2-4-11)15(21)20-16-14(17(22)23)12-5-6-18(7-8-18)9-13(12)24-16/h1-4,15,20-21H,5-9H2,(H,22,23). The third-order valence-corrected chi connectivity index (χ3v) is 6.32. The van der Waals surface area contributed by atoms with Gasteiger partial charge in [-0.3, -0.25) is 0 Å². The maximum Gasteiger partial charge on any atom is 0.338 e. The minimum absolute atomic E-state index is 0.284. The summed E-state index contributed by atoms with van der Waals surface area (Å²) in [4.78, 5) is 12.9. The zero-order chi connectivity index (χ0) is 16.9. The lowest BCUT2D eigenvalue weighted by atomic mass is 9.84. The average Bonchev–Trinajstić information content (AvgIpc) is 3.18. The summed E-state index contributed by atoms with van der Waals surface area (Å²) in [6.45, 7) is 0. The third-order valence-electron chi connectivity index (χ3n) is 5.16. The maximum atomic E-state index is 13.0. The summed E-state index contributed by atoms with van der Waals surface area (Å²) in [7, 11) is 0. The topological polar surface area (TPSA) is 69.6 Å². The van der Waals surface area contributed by atoms with Crippen molar-refractivity contribution >= 4 is 22.3 Å². The Kier molecular flexibility index (Phi) is 3.62. The fraction of sp³-hybridized carbons (Fsp3) is 0.389. The number of rotatable bonds is 4. The van der Waals surface area contributed by atoms with Crippen molar-refractivity contribution in [2.45, 2.75) is 38.3 Å². The molecule has 0 amide bonds. The van der Waals surface area contributed by atoms with E-state index in [-0.39, 0.29) is 11.4 Å². The largest absolute Gasteiger partial charge is 0.478 e. The van der Waals surface area contributed by atoms with Gasteiger partial charge in [-0.25, -0.2) is 9.18 Å². The summed E-state index contributed by atoms with van der Waals surface area (Å²) in [5.74, 6) is -1.34. The van der Waals surface area contributed by atoms with Crippen LogP contribution in [-0.4, -0.2) is 16.2 Å². The monoisotopic (exact) mass is 347 g/mol. The van der Waals surface area contributed by atoms with Crippen molar-refractivity contribution in [1.29, 1.82) is 0 Å². The van der Waals surface area contributed by atoms with E-state index >= 15 is 0 Å². The highest BCUT2D eigenvalue weighted by Gasteiger charge is 2.46. The SMILES string of the molecule is O=C(O)c1c(NC(O)c2ccc(F)cc2)sc2c1CCC1(CC1)C2. The predicted octanol–water partition coefficient (Wildman–Crippen LogP) is 3.96. The number of hydrogen-bond acceptors (Lipinski definition) is 4. The number of carboxylic acids is 1. The first-order valence-electron chi connectivity index (χ1n) is 8.05. The Balaban J connectivity index is 1.63. The van der Waals surface area contributed by atoms with Gasteiger partial charge in [-0.2, -0.15) is 0 Å². The van der Waals surface area contributed by atoms with Crippen LogP contribution in [0.15, 0.2) is 24.3 Å². The zero-order valence-corrected chi connectivity index (χ0v) is 13.8. The fourth-order valence-corrected chi connectivity index (χ4v) is 4.96. The smallest absolute Gasteiger partial charge is 0.338 e. The Morgan fingerprint density at radius 1 is 1.25 bits per heavy atom. The number of halogens is 1. The van der Waals surface area contributed by atoms with E-state index in [1.807, 2.05) is 0 Å². The molecule has 4 rings (SSSR count). The molecule has 1 spiro atoms. The molecule has 0 aliphatic heterocycles. The summed E-state index contributed by atoms with van der Waals surface area (Å²) in [6.07, 6.45) is 4.18. The van der Waals surface area contributed by atoms with Crippen molar-refractivity contribution in [1.82, 2.24) is 0 Å². The molecule has 0 bridgehead atoms.